The molecule has 0 saturated carbocycles. The van der Waals surface area contributed by atoms with Crippen LogP contribution in [0.5, 0.6) is 11.5 Å². The zero-order valence-electron chi connectivity index (χ0n) is 17.8. The van der Waals surface area contributed by atoms with Crippen molar-refractivity contribution in [3.8, 4) is 11.5 Å². The van der Waals surface area contributed by atoms with Crippen LogP contribution in [0, 0.1) is 5.21 Å². The lowest BCUT2D eigenvalue weighted by molar-refractivity contribution is -0.135. The SMILES string of the molecule is COc1ccc(C(=O)C(c2ccc(OC)cc2)C2(O)C(=O)Nc3ccc(N([O-])O)cc32)cc1. The van der Waals surface area contributed by atoms with Gasteiger partial charge in [0.05, 0.1) is 25.8 Å². The number of carbonyl (C=O) groups is 2. The maximum Gasteiger partial charge on any atom is 0.262 e. The summed E-state index contributed by atoms with van der Waals surface area (Å²) in [5.74, 6) is -1.65. The number of rotatable bonds is 7. The van der Waals surface area contributed by atoms with Gasteiger partial charge in [0.1, 0.15) is 11.5 Å². The number of methoxy groups -OCH3 is 2. The number of fused-ring (bicyclic) bond motifs is 1. The van der Waals surface area contributed by atoms with Crippen molar-refractivity contribution in [2.75, 3.05) is 24.8 Å². The number of hydrogen-bond acceptors (Lipinski definition) is 8. The van der Waals surface area contributed by atoms with Crippen molar-refractivity contribution in [1.29, 1.82) is 0 Å². The van der Waals surface area contributed by atoms with Gasteiger partial charge in [-0.3, -0.25) is 14.8 Å². The number of anilines is 2. The van der Waals surface area contributed by atoms with Crippen LogP contribution in [0.4, 0.5) is 11.4 Å². The Labute approximate surface area is 189 Å². The number of nitrogens with one attached hydrogen (secondary N) is 1. The molecule has 1 amide bonds. The van der Waals surface area contributed by atoms with Gasteiger partial charge in [-0.15, -0.1) is 0 Å². The Hall–Kier alpha value is -3.92. The van der Waals surface area contributed by atoms with Crippen LogP contribution in [0.25, 0.3) is 0 Å². The first kappa shape index (κ1) is 22.3. The number of hydrogen-bond donors (Lipinski definition) is 3. The molecule has 33 heavy (non-hydrogen) atoms. The molecule has 0 aliphatic carbocycles. The van der Waals surface area contributed by atoms with Crippen LogP contribution in [0.1, 0.15) is 27.4 Å². The molecule has 0 saturated heterocycles. The molecule has 1 aliphatic heterocycles. The van der Waals surface area contributed by atoms with Gasteiger partial charge in [-0.2, -0.15) is 0 Å². The van der Waals surface area contributed by atoms with E-state index in [9.17, 15) is 25.1 Å². The minimum atomic E-state index is -2.35. The van der Waals surface area contributed by atoms with Crippen molar-refractivity contribution >= 4 is 23.1 Å². The summed E-state index contributed by atoms with van der Waals surface area (Å²) in [5.41, 5.74) is -1.72. The molecular formula is C24H21N2O7-. The average Bonchev–Trinajstić information content (AvgIpc) is 3.09. The number of carbonyl (C=O) groups excluding carboxylic acids is 2. The monoisotopic (exact) mass is 449 g/mol. The summed E-state index contributed by atoms with van der Waals surface area (Å²) in [4.78, 5) is 26.8. The van der Waals surface area contributed by atoms with Gasteiger partial charge in [0.25, 0.3) is 5.91 Å². The lowest BCUT2D eigenvalue weighted by atomic mass is 9.74. The highest BCUT2D eigenvalue weighted by atomic mass is 16.8. The second-order valence-electron chi connectivity index (χ2n) is 7.52. The van der Waals surface area contributed by atoms with E-state index in [1.807, 2.05) is 0 Å². The largest absolute Gasteiger partial charge is 0.733 e. The summed E-state index contributed by atoms with van der Waals surface area (Å²) in [5, 5.41) is 34.8. The average molecular weight is 449 g/mol. The summed E-state index contributed by atoms with van der Waals surface area (Å²) < 4.78 is 10.3. The predicted octanol–water partition coefficient (Wildman–Crippen LogP) is 3.20. The highest BCUT2D eigenvalue weighted by Crippen LogP contribution is 2.48. The Morgan fingerprint density at radius 1 is 1.00 bits per heavy atom. The molecule has 4 rings (SSSR count). The first-order valence-corrected chi connectivity index (χ1v) is 9.96. The zero-order valence-corrected chi connectivity index (χ0v) is 17.8. The standard InChI is InChI=1S/C24H21N2O7/c1-32-17-8-3-14(4-9-17)21(22(27)15-5-10-18(33-2)11-6-15)24(29)19-13-16(26(30)31)7-12-20(19)25-23(24)28/h3-13,21,29-30H,1-2H3,(H,25,28)/q-1. The minimum absolute atomic E-state index is 0.00239. The van der Waals surface area contributed by atoms with Gasteiger partial charge in [-0.25, -0.2) is 0 Å². The third-order valence-electron chi connectivity index (χ3n) is 5.73. The quantitative estimate of drug-likeness (QED) is 0.370. The van der Waals surface area contributed by atoms with Crippen LogP contribution in [-0.2, 0) is 10.4 Å². The van der Waals surface area contributed by atoms with E-state index in [1.54, 1.807) is 48.5 Å². The van der Waals surface area contributed by atoms with Crippen LogP contribution in [0.2, 0.25) is 0 Å². The molecular weight excluding hydrogens is 428 g/mol. The van der Waals surface area contributed by atoms with Crippen molar-refractivity contribution in [1.82, 2.24) is 0 Å². The molecule has 3 N–H and O–H groups in total. The Morgan fingerprint density at radius 2 is 1.58 bits per heavy atom. The molecule has 0 radical (unpaired) electrons. The first-order valence-electron chi connectivity index (χ1n) is 9.96. The predicted molar refractivity (Wildman–Crippen MR) is 120 cm³/mol. The van der Waals surface area contributed by atoms with Gasteiger partial charge < -0.3 is 30.3 Å². The van der Waals surface area contributed by atoms with Crippen LogP contribution in [0.3, 0.4) is 0 Å². The molecule has 0 spiro atoms. The molecule has 3 aromatic rings. The molecule has 9 nitrogen and oxygen atoms in total. The van der Waals surface area contributed by atoms with Gasteiger partial charge >= 0.3 is 0 Å². The third-order valence-corrected chi connectivity index (χ3v) is 5.73. The van der Waals surface area contributed by atoms with Crippen LogP contribution in [-0.4, -0.2) is 36.2 Å². The second-order valence-corrected chi connectivity index (χ2v) is 7.52. The molecule has 9 heteroatoms. The van der Waals surface area contributed by atoms with Crippen molar-refractivity contribution in [3.05, 3.63) is 88.6 Å². The molecule has 1 aliphatic rings. The Kier molecular flexibility index (Phi) is 5.77. The van der Waals surface area contributed by atoms with Crippen molar-refractivity contribution < 1.29 is 29.4 Å². The summed E-state index contributed by atoms with van der Waals surface area (Å²) in [6, 6.07) is 16.5. The van der Waals surface area contributed by atoms with E-state index < -0.39 is 23.2 Å². The third kappa shape index (κ3) is 3.78. The molecule has 170 valence electrons. The molecule has 0 bridgehead atoms. The maximum absolute atomic E-state index is 13.7. The molecule has 1 heterocycles. The van der Waals surface area contributed by atoms with E-state index >= 15 is 0 Å². The Bertz CT molecular complexity index is 1190. The number of ketones is 1. The van der Waals surface area contributed by atoms with Gasteiger partial charge in [-0.05, 0) is 60.2 Å². The lowest BCUT2D eigenvalue weighted by Crippen LogP contribution is -2.44. The molecule has 2 atom stereocenters. The van der Waals surface area contributed by atoms with Gasteiger partial charge in [0.2, 0.25) is 0 Å². The normalized spacial score (nSPS) is 17.7. The van der Waals surface area contributed by atoms with Crippen molar-refractivity contribution in [2.24, 2.45) is 0 Å². The minimum Gasteiger partial charge on any atom is -0.733 e. The van der Waals surface area contributed by atoms with Crippen molar-refractivity contribution in [3.63, 3.8) is 0 Å². The summed E-state index contributed by atoms with van der Waals surface area (Å²) in [7, 11) is 2.99. The summed E-state index contributed by atoms with van der Waals surface area (Å²) in [6.45, 7) is 0. The number of Topliss-reactive ketones (excluding diaryl/α,β-unsaturated/α-hetero) is 1. The van der Waals surface area contributed by atoms with E-state index in [0.29, 0.717) is 17.1 Å². The Morgan fingerprint density at radius 3 is 2.12 bits per heavy atom. The second kappa shape index (κ2) is 8.55. The zero-order chi connectivity index (χ0) is 23.8. The fourth-order valence-corrected chi connectivity index (χ4v) is 4.00. The molecule has 3 aromatic carbocycles. The van der Waals surface area contributed by atoms with E-state index in [0.717, 1.165) is 0 Å². The first-order chi connectivity index (χ1) is 15.8. The number of benzene rings is 3. The highest BCUT2D eigenvalue weighted by Gasteiger charge is 2.54. The number of nitrogens with zero attached hydrogens (tertiary/aromatic N) is 1. The molecule has 0 aromatic heterocycles. The topological polar surface area (TPSA) is 131 Å². The summed E-state index contributed by atoms with van der Waals surface area (Å²) >= 11 is 0. The highest BCUT2D eigenvalue weighted by molar-refractivity contribution is 6.12. The van der Waals surface area contributed by atoms with Crippen LogP contribution >= 0.6 is 0 Å². The van der Waals surface area contributed by atoms with Gasteiger partial charge in [-0.1, -0.05) is 12.1 Å². The smallest absolute Gasteiger partial charge is 0.262 e. The van der Waals surface area contributed by atoms with Crippen molar-refractivity contribution in [2.45, 2.75) is 11.5 Å². The van der Waals surface area contributed by atoms with Gasteiger partial charge in [0.15, 0.2) is 11.4 Å². The number of aliphatic hydroxyl groups is 1. The fraction of sp³-hybridized carbons (Fsp3) is 0.167. The summed E-state index contributed by atoms with van der Waals surface area (Å²) in [6.07, 6.45) is 0. The molecule has 0 fully saturated rings. The van der Waals surface area contributed by atoms with E-state index in [2.05, 4.69) is 5.32 Å². The van der Waals surface area contributed by atoms with E-state index in [1.165, 1.54) is 32.4 Å². The van der Waals surface area contributed by atoms with E-state index in [-0.39, 0.29) is 27.7 Å². The fourth-order valence-electron chi connectivity index (χ4n) is 4.00. The van der Waals surface area contributed by atoms with Gasteiger partial charge in [0, 0.05) is 16.8 Å². The number of ether oxygens (including phenoxy) is 2. The number of amides is 1. The van der Waals surface area contributed by atoms with Crippen LogP contribution in [0.15, 0.2) is 66.7 Å². The Balaban J connectivity index is 1.90. The van der Waals surface area contributed by atoms with Crippen LogP contribution < -0.4 is 20.0 Å². The van der Waals surface area contributed by atoms with E-state index in [4.69, 9.17) is 9.47 Å². The molecule has 2 unspecified atom stereocenters. The maximum atomic E-state index is 13.7. The lowest BCUT2D eigenvalue weighted by Gasteiger charge is -2.31.